The van der Waals surface area contributed by atoms with E-state index in [0.717, 1.165) is 22.5 Å². The number of benzene rings is 1. The van der Waals surface area contributed by atoms with Gasteiger partial charge >= 0.3 is 0 Å². The summed E-state index contributed by atoms with van der Waals surface area (Å²) in [6, 6.07) is 3.29. The zero-order valence-electron chi connectivity index (χ0n) is 13.2. The molecule has 1 N–H and O–H groups in total. The molecule has 0 aliphatic carbocycles. The fraction of sp³-hybridized carbons (Fsp3) is 0.400. The van der Waals surface area contributed by atoms with Crippen LogP contribution in [-0.2, 0) is 14.8 Å². The van der Waals surface area contributed by atoms with E-state index in [4.69, 9.17) is 0 Å². The molecule has 1 aromatic carbocycles. The lowest BCUT2D eigenvalue weighted by Crippen LogP contribution is -2.31. The second kappa shape index (κ2) is 6.58. The lowest BCUT2D eigenvalue weighted by Gasteiger charge is -2.23. The van der Waals surface area contributed by atoms with Crippen LogP contribution < -0.4 is 5.32 Å². The number of carbonyl (C=O) groups is 1. The van der Waals surface area contributed by atoms with Crippen molar-refractivity contribution in [3.05, 3.63) is 36.7 Å². The van der Waals surface area contributed by atoms with E-state index >= 15 is 0 Å². The van der Waals surface area contributed by atoms with Crippen LogP contribution in [0.2, 0.25) is 0 Å². The second-order valence-corrected chi connectivity index (χ2v) is 7.51. The molecular formula is C15H21FN2O3S. The Hall–Kier alpha value is -1.73. The van der Waals surface area contributed by atoms with Crippen LogP contribution in [0.5, 0.6) is 0 Å². The minimum Gasteiger partial charge on any atom is -0.323 e. The van der Waals surface area contributed by atoms with Crippen LogP contribution in [0.1, 0.15) is 20.3 Å². The first-order valence-corrected chi connectivity index (χ1v) is 8.19. The van der Waals surface area contributed by atoms with Crippen molar-refractivity contribution in [1.82, 2.24) is 4.31 Å². The molecule has 1 aromatic rings. The van der Waals surface area contributed by atoms with Gasteiger partial charge in [-0.05, 0) is 31.5 Å². The highest BCUT2D eigenvalue weighted by molar-refractivity contribution is 7.89. The van der Waals surface area contributed by atoms with Gasteiger partial charge in [-0.1, -0.05) is 13.0 Å². The Bertz CT molecular complexity index is 686. The molecule has 22 heavy (non-hydrogen) atoms. The van der Waals surface area contributed by atoms with E-state index in [2.05, 4.69) is 11.9 Å². The number of halogens is 1. The molecule has 0 bridgehead atoms. The van der Waals surface area contributed by atoms with Crippen molar-refractivity contribution in [2.75, 3.05) is 19.4 Å². The maximum Gasteiger partial charge on any atom is 0.242 e. The van der Waals surface area contributed by atoms with Gasteiger partial charge in [0.25, 0.3) is 0 Å². The average molecular weight is 328 g/mol. The number of anilines is 1. The lowest BCUT2D eigenvalue weighted by molar-refractivity contribution is -0.122. The second-order valence-electron chi connectivity index (χ2n) is 5.36. The number of amides is 1. The van der Waals surface area contributed by atoms with Crippen molar-refractivity contribution in [2.24, 2.45) is 5.41 Å². The standard InChI is InChI=1S/C15H21FN2O3S/c1-6-15(3,7-2)14(19)17-13-10-11(8-9-12(13)16)22(20,21)18(4)5/h6,8-10H,1,7H2,2-5H3,(H,17,19)/t15-/m1/s1. The van der Waals surface area contributed by atoms with E-state index < -0.39 is 27.2 Å². The van der Waals surface area contributed by atoms with Gasteiger partial charge in [-0.15, -0.1) is 6.58 Å². The van der Waals surface area contributed by atoms with Crippen molar-refractivity contribution >= 4 is 21.6 Å². The predicted molar refractivity (Wildman–Crippen MR) is 84.5 cm³/mol. The fourth-order valence-electron chi connectivity index (χ4n) is 1.63. The zero-order valence-corrected chi connectivity index (χ0v) is 14.0. The fourth-order valence-corrected chi connectivity index (χ4v) is 2.56. The summed E-state index contributed by atoms with van der Waals surface area (Å²) in [7, 11) is -0.948. The molecule has 1 atom stereocenters. The Morgan fingerprint density at radius 1 is 1.45 bits per heavy atom. The molecule has 5 nitrogen and oxygen atoms in total. The van der Waals surface area contributed by atoms with Crippen molar-refractivity contribution in [3.8, 4) is 0 Å². The number of rotatable bonds is 6. The van der Waals surface area contributed by atoms with E-state index in [1.807, 2.05) is 6.92 Å². The van der Waals surface area contributed by atoms with Gasteiger partial charge in [-0.3, -0.25) is 4.79 Å². The van der Waals surface area contributed by atoms with E-state index in [0.29, 0.717) is 6.42 Å². The van der Waals surface area contributed by atoms with Gasteiger partial charge in [-0.25, -0.2) is 17.1 Å². The van der Waals surface area contributed by atoms with E-state index in [1.54, 1.807) is 6.92 Å². The number of hydrogen-bond donors (Lipinski definition) is 1. The Labute approximate surface area is 130 Å². The summed E-state index contributed by atoms with van der Waals surface area (Å²) in [6.45, 7) is 7.10. The molecule has 1 rings (SSSR count). The molecule has 1 amide bonds. The molecule has 0 radical (unpaired) electrons. The third-order valence-electron chi connectivity index (χ3n) is 3.67. The molecule has 0 spiro atoms. The summed E-state index contributed by atoms with van der Waals surface area (Å²) in [5.74, 6) is -1.14. The molecule has 0 fully saturated rings. The van der Waals surface area contributed by atoms with Gasteiger partial charge in [0.15, 0.2) is 0 Å². The van der Waals surface area contributed by atoms with Crippen molar-refractivity contribution < 1.29 is 17.6 Å². The van der Waals surface area contributed by atoms with Gasteiger partial charge in [0, 0.05) is 14.1 Å². The molecule has 0 aromatic heterocycles. The first-order valence-electron chi connectivity index (χ1n) is 6.75. The van der Waals surface area contributed by atoms with Crippen LogP contribution in [-0.4, -0.2) is 32.7 Å². The van der Waals surface area contributed by atoms with Crippen molar-refractivity contribution in [1.29, 1.82) is 0 Å². The normalized spacial score (nSPS) is 14.5. The van der Waals surface area contributed by atoms with E-state index in [-0.39, 0.29) is 10.6 Å². The van der Waals surface area contributed by atoms with Crippen LogP contribution in [0, 0.1) is 11.2 Å². The van der Waals surface area contributed by atoms with Gasteiger partial charge in [0.2, 0.25) is 15.9 Å². The number of sulfonamides is 1. The van der Waals surface area contributed by atoms with Crippen LogP contribution in [0.15, 0.2) is 35.7 Å². The molecule has 7 heteroatoms. The molecule has 0 aliphatic heterocycles. The van der Waals surface area contributed by atoms with Gasteiger partial charge in [-0.2, -0.15) is 0 Å². The predicted octanol–water partition coefficient (Wildman–Crippen LogP) is 2.62. The number of nitrogens with one attached hydrogen (secondary N) is 1. The van der Waals surface area contributed by atoms with E-state index in [9.17, 15) is 17.6 Å². The lowest BCUT2D eigenvalue weighted by atomic mass is 9.87. The summed E-state index contributed by atoms with van der Waals surface area (Å²) in [4.78, 5) is 12.1. The van der Waals surface area contributed by atoms with Crippen LogP contribution >= 0.6 is 0 Å². The SMILES string of the molecule is C=C[C@](C)(CC)C(=O)Nc1cc(S(=O)(=O)N(C)C)ccc1F. The van der Waals surface area contributed by atoms with Gasteiger partial charge in [0.1, 0.15) is 5.82 Å². The highest BCUT2D eigenvalue weighted by Gasteiger charge is 2.29. The number of carbonyl (C=O) groups excluding carboxylic acids is 1. The molecule has 0 saturated heterocycles. The Kier molecular flexibility index (Phi) is 5.48. The molecule has 0 unspecified atom stereocenters. The Morgan fingerprint density at radius 2 is 2.05 bits per heavy atom. The van der Waals surface area contributed by atoms with Crippen molar-refractivity contribution in [2.45, 2.75) is 25.2 Å². The molecule has 0 saturated carbocycles. The maximum atomic E-state index is 13.9. The summed E-state index contributed by atoms with van der Waals surface area (Å²) in [5, 5.41) is 2.44. The van der Waals surface area contributed by atoms with Crippen LogP contribution in [0.3, 0.4) is 0 Å². The number of hydrogen-bond acceptors (Lipinski definition) is 3. The highest BCUT2D eigenvalue weighted by Crippen LogP contribution is 2.27. The minimum absolute atomic E-state index is 0.0917. The largest absolute Gasteiger partial charge is 0.323 e. The Morgan fingerprint density at radius 3 is 2.50 bits per heavy atom. The molecule has 122 valence electrons. The van der Waals surface area contributed by atoms with Crippen LogP contribution in [0.4, 0.5) is 10.1 Å². The first-order chi connectivity index (χ1) is 10.1. The first kappa shape index (κ1) is 18.3. The van der Waals surface area contributed by atoms with Crippen LogP contribution in [0.25, 0.3) is 0 Å². The zero-order chi connectivity index (χ0) is 17.1. The minimum atomic E-state index is -3.70. The number of nitrogens with zero attached hydrogens (tertiary/aromatic N) is 1. The van der Waals surface area contributed by atoms with Gasteiger partial charge < -0.3 is 5.32 Å². The Balaban J connectivity index is 3.22. The molecular weight excluding hydrogens is 307 g/mol. The third-order valence-corrected chi connectivity index (χ3v) is 5.48. The average Bonchev–Trinajstić information content (AvgIpc) is 2.48. The highest BCUT2D eigenvalue weighted by atomic mass is 32.2. The topological polar surface area (TPSA) is 66.5 Å². The van der Waals surface area contributed by atoms with Gasteiger partial charge in [0.05, 0.1) is 16.0 Å². The molecule has 0 aliphatic rings. The summed E-state index contributed by atoms with van der Waals surface area (Å²) >= 11 is 0. The quantitative estimate of drug-likeness (QED) is 0.816. The molecule has 0 heterocycles. The summed E-state index contributed by atoms with van der Waals surface area (Å²) in [5.41, 5.74) is -1.03. The maximum absolute atomic E-state index is 13.9. The van der Waals surface area contributed by atoms with E-state index in [1.165, 1.54) is 20.2 Å². The smallest absolute Gasteiger partial charge is 0.242 e. The third kappa shape index (κ3) is 3.53. The summed E-state index contributed by atoms with van der Waals surface area (Å²) in [6.07, 6.45) is 1.97. The van der Waals surface area contributed by atoms with Crippen molar-refractivity contribution in [3.63, 3.8) is 0 Å². The summed E-state index contributed by atoms with van der Waals surface area (Å²) < 4.78 is 39.0. The monoisotopic (exact) mass is 328 g/mol.